The molecular formula is C27H23IN2O5S. The summed E-state index contributed by atoms with van der Waals surface area (Å²) in [7, 11) is -3.95. The molecule has 0 radical (unpaired) electrons. The molecule has 2 aromatic carbocycles. The number of rotatable bonds is 5. The number of sulfone groups is 1. The van der Waals surface area contributed by atoms with Gasteiger partial charge >= 0.3 is 5.97 Å². The number of halogens is 1. The van der Waals surface area contributed by atoms with E-state index in [9.17, 15) is 18.0 Å². The fourth-order valence-corrected chi connectivity index (χ4v) is 7.95. The molecule has 0 unspecified atom stereocenters. The minimum Gasteiger partial charge on any atom is -0.451 e. The molecule has 1 aromatic heterocycles. The van der Waals surface area contributed by atoms with Crippen LogP contribution in [0, 0.1) is 0 Å². The molecule has 1 amide bonds. The molecule has 0 spiro atoms. The van der Waals surface area contributed by atoms with E-state index in [4.69, 9.17) is 4.74 Å². The third kappa shape index (κ3) is 3.76. The quantitative estimate of drug-likeness (QED) is 0.184. The molecule has 0 N–H and O–H groups in total. The Balaban J connectivity index is 1.53. The summed E-state index contributed by atoms with van der Waals surface area (Å²) in [6, 6.07) is 22.4. The lowest BCUT2D eigenvalue weighted by atomic mass is 9.94. The van der Waals surface area contributed by atoms with Crippen molar-refractivity contribution in [3.8, 4) is 0 Å². The number of esters is 1. The average molecular weight is 614 g/mol. The molecule has 184 valence electrons. The Morgan fingerprint density at radius 3 is 2.06 bits per heavy atom. The van der Waals surface area contributed by atoms with Gasteiger partial charge in [0.15, 0.2) is 27.4 Å². The molecule has 5 rings (SSSR count). The number of aromatic nitrogens is 1. The highest BCUT2D eigenvalue weighted by Crippen LogP contribution is 2.51. The third-order valence-corrected chi connectivity index (χ3v) is 10.6. The second kappa shape index (κ2) is 9.11. The first-order valence-electron chi connectivity index (χ1n) is 11.3. The van der Waals surface area contributed by atoms with Crippen molar-refractivity contribution in [2.75, 3.05) is 0 Å². The van der Waals surface area contributed by atoms with Gasteiger partial charge < -0.3 is 9.64 Å². The largest absolute Gasteiger partial charge is 0.451 e. The number of carbonyl (C=O) groups is 2. The van der Waals surface area contributed by atoms with Crippen molar-refractivity contribution in [1.29, 1.82) is 0 Å². The topological polar surface area (TPSA) is 93.6 Å². The zero-order valence-electron chi connectivity index (χ0n) is 19.5. The van der Waals surface area contributed by atoms with Gasteiger partial charge in [0.05, 0.1) is 14.8 Å². The predicted molar refractivity (Wildman–Crippen MR) is 143 cm³/mol. The summed E-state index contributed by atoms with van der Waals surface area (Å²) in [6.45, 7) is 2.95. The second-order valence-corrected chi connectivity index (χ2v) is 12.9. The highest BCUT2D eigenvalue weighted by atomic mass is 127. The van der Waals surface area contributed by atoms with Crippen molar-refractivity contribution in [3.63, 3.8) is 0 Å². The summed E-state index contributed by atoms with van der Waals surface area (Å²) in [5.74, 6) is -1.26. The number of β-lactam (4-membered cyclic amide) rings is 1. The van der Waals surface area contributed by atoms with Crippen LogP contribution in [0.2, 0.25) is 0 Å². The van der Waals surface area contributed by atoms with Gasteiger partial charge in [-0.05, 0) is 59.7 Å². The summed E-state index contributed by atoms with van der Waals surface area (Å²) in [4.78, 5) is 32.4. The first-order chi connectivity index (χ1) is 17.2. The van der Waals surface area contributed by atoms with Crippen LogP contribution in [-0.4, -0.2) is 46.3 Å². The number of pyridine rings is 1. The molecule has 2 fully saturated rings. The number of amides is 1. The molecule has 3 aromatic rings. The van der Waals surface area contributed by atoms with E-state index in [2.05, 4.69) is 4.98 Å². The van der Waals surface area contributed by atoms with Gasteiger partial charge in [-0.15, -0.1) is 0 Å². The molecule has 2 aliphatic heterocycles. The minimum atomic E-state index is -3.95. The lowest BCUT2D eigenvalue weighted by Crippen LogP contribution is -2.59. The van der Waals surface area contributed by atoms with Crippen molar-refractivity contribution in [3.05, 3.63) is 107 Å². The lowest BCUT2D eigenvalue weighted by Gasteiger charge is -2.39. The Hall–Kier alpha value is -3.05. The highest BCUT2D eigenvalue weighted by molar-refractivity contribution is 14.1. The Kier molecular flexibility index (Phi) is 6.24. The van der Waals surface area contributed by atoms with Crippen molar-refractivity contribution in [2.24, 2.45) is 0 Å². The smallest absolute Gasteiger partial charge is 0.331 e. The summed E-state index contributed by atoms with van der Waals surface area (Å²) in [5.41, 5.74) is 2.13. The van der Waals surface area contributed by atoms with E-state index in [1.54, 1.807) is 24.4 Å². The first kappa shape index (κ1) is 24.6. The van der Waals surface area contributed by atoms with Gasteiger partial charge in [-0.2, -0.15) is 0 Å². The highest BCUT2D eigenvalue weighted by Gasteiger charge is 2.71. The first-order valence-corrected chi connectivity index (χ1v) is 14.0. The summed E-state index contributed by atoms with van der Waals surface area (Å²) in [6.07, 6.45) is 0.827. The van der Waals surface area contributed by atoms with Crippen LogP contribution >= 0.6 is 22.6 Å². The molecule has 0 saturated carbocycles. The average Bonchev–Trinajstić information content (AvgIpc) is 3.03. The summed E-state index contributed by atoms with van der Waals surface area (Å²) < 4.78 is 32.2. The van der Waals surface area contributed by atoms with E-state index >= 15 is 0 Å². The van der Waals surface area contributed by atoms with Gasteiger partial charge in [0, 0.05) is 6.20 Å². The van der Waals surface area contributed by atoms with E-state index in [-0.39, 0.29) is 5.57 Å². The number of benzene rings is 2. The van der Waals surface area contributed by atoms with Crippen LogP contribution in [0.4, 0.5) is 0 Å². The molecule has 7 nitrogen and oxygen atoms in total. The molecule has 36 heavy (non-hydrogen) atoms. The third-order valence-electron chi connectivity index (χ3n) is 6.72. The van der Waals surface area contributed by atoms with Gasteiger partial charge in [-0.25, -0.2) is 13.2 Å². The van der Waals surface area contributed by atoms with Crippen molar-refractivity contribution in [2.45, 2.75) is 36.1 Å². The maximum Gasteiger partial charge on any atom is 0.331 e. The van der Waals surface area contributed by atoms with Crippen LogP contribution in [-0.2, 0) is 24.2 Å². The zero-order valence-corrected chi connectivity index (χ0v) is 22.5. The van der Waals surface area contributed by atoms with Crippen LogP contribution < -0.4 is 0 Å². The van der Waals surface area contributed by atoms with Gasteiger partial charge in [-0.3, -0.25) is 9.78 Å². The van der Waals surface area contributed by atoms with Crippen LogP contribution in [0.1, 0.15) is 36.8 Å². The maximum absolute atomic E-state index is 13.7. The van der Waals surface area contributed by atoms with Crippen LogP contribution in [0.3, 0.4) is 0 Å². The number of nitrogens with zero attached hydrogens (tertiary/aromatic N) is 2. The van der Waals surface area contributed by atoms with Gasteiger partial charge in [0.1, 0.15) is 4.75 Å². The van der Waals surface area contributed by atoms with E-state index < -0.39 is 44.0 Å². The number of ether oxygens (including phenoxy) is 1. The maximum atomic E-state index is 13.7. The number of hydrogen-bond donors (Lipinski definition) is 0. The lowest BCUT2D eigenvalue weighted by molar-refractivity contribution is -0.160. The predicted octanol–water partition coefficient (Wildman–Crippen LogP) is 4.30. The van der Waals surface area contributed by atoms with Crippen LogP contribution in [0.25, 0.3) is 3.58 Å². The molecule has 9 heteroatoms. The zero-order chi connectivity index (χ0) is 25.7. The summed E-state index contributed by atoms with van der Waals surface area (Å²) in [5, 5.41) is -1.22. The van der Waals surface area contributed by atoms with Crippen LogP contribution in [0.5, 0.6) is 0 Å². The number of hydrogen-bond acceptors (Lipinski definition) is 6. The monoisotopic (exact) mass is 614 g/mol. The Labute approximate surface area is 223 Å². The molecule has 2 atom stereocenters. The minimum absolute atomic E-state index is 0.139. The second-order valence-electron chi connectivity index (χ2n) is 9.20. The van der Waals surface area contributed by atoms with Crippen molar-refractivity contribution in [1.82, 2.24) is 9.88 Å². The van der Waals surface area contributed by atoms with Gasteiger partial charge in [-0.1, -0.05) is 66.7 Å². The van der Waals surface area contributed by atoms with Gasteiger partial charge in [0.2, 0.25) is 0 Å². The number of carbonyl (C=O) groups excluding carboxylic acids is 2. The standard InChI is InChI=1S/C27H23IN2O5S/c1-27(2)23(26(32)35-22(17-11-5-3-6-12-17)18-13-7-4-8-14-18)30-24(31)20(25(30)36(27,33)34)21(28)19-15-9-10-16-29-19/h3-16,22-23,25H,1-2H3/b21-20+/t23-,25+/m0/s1. The summed E-state index contributed by atoms with van der Waals surface area (Å²) >= 11 is 1.95. The fraction of sp³-hybridized carbons (Fsp3) is 0.222. The van der Waals surface area contributed by atoms with E-state index in [0.717, 1.165) is 16.0 Å². The number of fused-ring (bicyclic) bond motifs is 1. The molecule has 0 bridgehead atoms. The molecule has 2 aliphatic rings. The molecule has 2 saturated heterocycles. The van der Waals surface area contributed by atoms with E-state index in [1.165, 1.54) is 13.8 Å². The fourth-order valence-electron chi connectivity index (χ4n) is 4.75. The van der Waals surface area contributed by atoms with Crippen molar-refractivity contribution < 1.29 is 22.7 Å². The molecule has 3 heterocycles. The Morgan fingerprint density at radius 1 is 0.972 bits per heavy atom. The SMILES string of the molecule is CC1(C)[C@H](C(=O)OC(c2ccccc2)c2ccccc2)N2C(=O)/C(=C(\I)c3ccccn3)[C@H]2S1(=O)=O. The molecular weight excluding hydrogens is 591 g/mol. The van der Waals surface area contributed by atoms with E-state index in [0.29, 0.717) is 9.27 Å². The van der Waals surface area contributed by atoms with Crippen LogP contribution in [0.15, 0.2) is 90.6 Å². The van der Waals surface area contributed by atoms with E-state index in [1.807, 2.05) is 83.3 Å². The Bertz CT molecular complexity index is 1420. The normalized spacial score (nSPS) is 23.1. The molecule has 0 aliphatic carbocycles. The van der Waals surface area contributed by atoms with Gasteiger partial charge in [0.25, 0.3) is 5.91 Å². The van der Waals surface area contributed by atoms with Crippen molar-refractivity contribution >= 4 is 47.9 Å². The Morgan fingerprint density at radius 2 is 1.53 bits per heavy atom.